The highest BCUT2D eigenvalue weighted by Gasteiger charge is 2.15. The molecular weight excluding hydrogens is 227 g/mol. The van der Waals surface area contributed by atoms with E-state index in [4.69, 9.17) is 0 Å². The van der Waals surface area contributed by atoms with E-state index in [-0.39, 0.29) is 11.9 Å². The summed E-state index contributed by atoms with van der Waals surface area (Å²) in [4.78, 5) is 4.16. The molecule has 0 saturated carbocycles. The molecule has 0 aromatic carbocycles. The van der Waals surface area contributed by atoms with Crippen LogP contribution in [0.5, 0.6) is 0 Å². The first-order valence-corrected chi connectivity index (χ1v) is 6.74. The SMILES string of the molecule is C=CCCCCCC(NCC)c1ncccc1F. The van der Waals surface area contributed by atoms with Crippen LogP contribution in [0.3, 0.4) is 0 Å². The molecule has 1 unspecified atom stereocenters. The van der Waals surface area contributed by atoms with E-state index in [9.17, 15) is 4.39 Å². The smallest absolute Gasteiger partial charge is 0.146 e. The molecule has 0 aliphatic carbocycles. The van der Waals surface area contributed by atoms with E-state index in [0.29, 0.717) is 5.69 Å². The highest BCUT2D eigenvalue weighted by atomic mass is 19.1. The average Bonchev–Trinajstić information content (AvgIpc) is 2.38. The Hall–Kier alpha value is -1.22. The second kappa shape index (κ2) is 8.81. The monoisotopic (exact) mass is 250 g/mol. The lowest BCUT2D eigenvalue weighted by molar-refractivity contribution is 0.450. The second-order valence-electron chi connectivity index (χ2n) is 4.41. The zero-order valence-electron chi connectivity index (χ0n) is 11.2. The molecule has 1 heterocycles. The summed E-state index contributed by atoms with van der Waals surface area (Å²) in [5.41, 5.74) is 0.545. The molecule has 100 valence electrons. The summed E-state index contributed by atoms with van der Waals surface area (Å²) in [7, 11) is 0. The highest BCUT2D eigenvalue weighted by molar-refractivity contribution is 5.11. The fourth-order valence-electron chi connectivity index (χ4n) is 2.05. The van der Waals surface area contributed by atoms with Crippen LogP contribution in [0.2, 0.25) is 0 Å². The van der Waals surface area contributed by atoms with Crippen molar-refractivity contribution >= 4 is 0 Å². The van der Waals surface area contributed by atoms with Gasteiger partial charge in [0.15, 0.2) is 0 Å². The molecule has 3 heteroatoms. The fraction of sp³-hybridized carbons (Fsp3) is 0.533. The Morgan fingerprint density at radius 3 is 2.94 bits per heavy atom. The fourth-order valence-corrected chi connectivity index (χ4v) is 2.05. The van der Waals surface area contributed by atoms with Crippen molar-refractivity contribution < 1.29 is 4.39 Å². The number of pyridine rings is 1. The van der Waals surface area contributed by atoms with Gasteiger partial charge in [0.05, 0.1) is 11.7 Å². The van der Waals surface area contributed by atoms with Crippen LogP contribution in [-0.4, -0.2) is 11.5 Å². The Morgan fingerprint density at radius 1 is 1.44 bits per heavy atom. The van der Waals surface area contributed by atoms with Crippen LogP contribution in [0.4, 0.5) is 4.39 Å². The minimum atomic E-state index is -0.213. The maximum Gasteiger partial charge on any atom is 0.146 e. The van der Waals surface area contributed by atoms with Crippen molar-refractivity contribution in [1.82, 2.24) is 10.3 Å². The molecule has 2 nitrogen and oxygen atoms in total. The van der Waals surface area contributed by atoms with E-state index in [2.05, 4.69) is 16.9 Å². The summed E-state index contributed by atoms with van der Waals surface area (Å²) in [6.07, 6.45) is 8.99. The zero-order chi connectivity index (χ0) is 13.2. The van der Waals surface area contributed by atoms with Gasteiger partial charge in [-0.05, 0) is 37.9 Å². The molecule has 0 radical (unpaired) electrons. The maximum atomic E-state index is 13.7. The van der Waals surface area contributed by atoms with Gasteiger partial charge in [0.1, 0.15) is 5.82 Å². The average molecular weight is 250 g/mol. The number of aromatic nitrogens is 1. The van der Waals surface area contributed by atoms with E-state index < -0.39 is 0 Å². The number of halogens is 1. The van der Waals surface area contributed by atoms with E-state index in [1.54, 1.807) is 12.3 Å². The summed E-state index contributed by atoms with van der Waals surface area (Å²) < 4.78 is 13.7. The van der Waals surface area contributed by atoms with Gasteiger partial charge >= 0.3 is 0 Å². The molecule has 18 heavy (non-hydrogen) atoms. The summed E-state index contributed by atoms with van der Waals surface area (Å²) in [5, 5.41) is 3.31. The van der Waals surface area contributed by atoms with Gasteiger partial charge in [0.2, 0.25) is 0 Å². The van der Waals surface area contributed by atoms with Crippen LogP contribution in [0.15, 0.2) is 31.0 Å². The number of hydrogen-bond acceptors (Lipinski definition) is 2. The molecule has 0 amide bonds. The van der Waals surface area contributed by atoms with Gasteiger partial charge in [0, 0.05) is 6.20 Å². The number of rotatable bonds is 9. The van der Waals surface area contributed by atoms with Crippen molar-refractivity contribution in [2.75, 3.05) is 6.54 Å². The third-order valence-electron chi connectivity index (χ3n) is 2.97. The molecule has 1 N–H and O–H groups in total. The predicted molar refractivity (Wildman–Crippen MR) is 73.9 cm³/mol. The van der Waals surface area contributed by atoms with Gasteiger partial charge < -0.3 is 5.32 Å². The van der Waals surface area contributed by atoms with Crippen LogP contribution in [0.25, 0.3) is 0 Å². The van der Waals surface area contributed by atoms with Crippen LogP contribution in [0.1, 0.15) is 50.8 Å². The van der Waals surface area contributed by atoms with Crippen molar-refractivity contribution in [1.29, 1.82) is 0 Å². The van der Waals surface area contributed by atoms with Crippen LogP contribution >= 0.6 is 0 Å². The molecule has 0 saturated heterocycles. The Kier molecular flexibility index (Phi) is 7.26. The number of nitrogens with zero attached hydrogens (tertiary/aromatic N) is 1. The largest absolute Gasteiger partial charge is 0.309 e. The number of nitrogens with one attached hydrogen (secondary N) is 1. The Bertz CT molecular complexity index is 352. The summed E-state index contributed by atoms with van der Waals surface area (Å²) >= 11 is 0. The van der Waals surface area contributed by atoms with Crippen molar-refractivity contribution in [2.45, 2.75) is 45.1 Å². The first-order valence-electron chi connectivity index (χ1n) is 6.74. The molecule has 1 atom stereocenters. The Balaban J connectivity index is 2.49. The molecule has 0 aliphatic rings. The number of hydrogen-bond donors (Lipinski definition) is 1. The van der Waals surface area contributed by atoms with Crippen LogP contribution in [0, 0.1) is 5.82 Å². The van der Waals surface area contributed by atoms with Gasteiger partial charge in [-0.25, -0.2) is 4.39 Å². The minimum absolute atomic E-state index is 0.0277. The molecule has 1 aromatic rings. The molecule has 0 fully saturated rings. The topological polar surface area (TPSA) is 24.9 Å². The van der Waals surface area contributed by atoms with E-state index >= 15 is 0 Å². The normalized spacial score (nSPS) is 12.3. The van der Waals surface area contributed by atoms with Crippen molar-refractivity contribution in [2.24, 2.45) is 0 Å². The van der Waals surface area contributed by atoms with Gasteiger partial charge in [-0.1, -0.05) is 25.8 Å². The lowest BCUT2D eigenvalue weighted by atomic mass is 10.0. The van der Waals surface area contributed by atoms with Gasteiger partial charge in [-0.3, -0.25) is 4.98 Å². The molecule has 1 rings (SSSR count). The Morgan fingerprint density at radius 2 is 2.28 bits per heavy atom. The van der Waals surface area contributed by atoms with E-state index in [0.717, 1.165) is 38.6 Å². The molecule has 0 bridgehead atoms. The van der Waals surface area contributed by atoms with E-state index in [1.165, 1.54) is 6.07 Å². The quantitative estimate of drug-likeness (QED) is 0.529. The highest BCUT2D eigenvalue weighted by Crippen LogP contribution is 2.20. The minimum Gasteiger partial charge on any atom is -0.309 e. The summed E-state index contributed by atoms with van der Waals surface area (Å²) in [6, 6.07) is 3.14. The van der Waals surface area contributed by atoms with Gasteiger partial charge in [-0.2, -0.15) is 0 Å². The first kappa shape index (κ1) is 14.8. The van der Waals surface area contributed by atoms with Gasteiger partial charge in [0.25, 0.3) is 0 Å². The molecule has 0 aliphatic heterocycles. The third-order valence-corrected chi connectivity index (χ3v) is 2.97. The molecular formula is C15H23FN2. The number of unbranched alkanes of at least 4 members (excludes halogenated alkanes) is 3. The first-order chi connectivity index (χ1) is 8.79. The maximum absolute atomic E-state index is 13.7. The molecule has 1 aromatic heterocycles. The lowest BCUT2D eigenvalue weighted by Crippen LogP contribution is -2.23. The summed E-state index contributed by atoms with van der Waals surface area (Å²) in [6.45, 7) is 6.57. The Labute approximate surface area is 109 Å². The van der Waals surface area contributed by atoms with Crippen molar-refractivity contribution in [3.63, 3.8) is 0 Å². The van der Waals surface area contributed by atoms with Crippen LogP contribution in [-0.2, 0) is 0 Å². The standard InChI is InChI=1S/C15H23FN2/c1-3-5-6-7-8-11-14(17-4-2)15-13(16)10-9-12-18-15/h3,9-10,12,14,17H,1,4-8,11H2,2H3. The predicted octanol–water partition coefficient (Wildman–Crippen LogP) is 4.01. The van der Waals surface area contributed by atoms with Crippen LogP contribution < -0.4 is 5.32 Å². The molecule has 0 spiro atoms. The zero-order valence-corrected chi connectivity index (χ0v) is 11.2. The number of allylic oxidation sites excluding steroid dienone is 1. The second-order valence-corrected chi connectivity index (χ2v) is 4.41. The van der Waals surface area contributed by atoms with Crippen molar-refractivity contribution in [3.05, 3.63) is 42.5 Å². The summed E-state index contributed by atoms with van der Waals surface area (Å²) in [5.74, 6) is -0.213. The van der Waals surface area contributed by atoms with Crippen molar-refractivity contribution in [3.8, 4) is 0 Å². The lowest BCUT2D eigenvalue weighted by Gasteiger charge is -2.17. The van der Waals surface area contributed by atoms with E-state index in [1.807, 2.05) is 13.0 Å². The van der Waals surface area contributed by atoms with Gasteiger partial charge in [-0.15, -0.1) is 6.58 Å². The third kappa shape index (κ3) is 4.96.